The average Bonchev–Trinajstić information content (AvgIpc) is 3.24. The molecule has 0 radical (unpaired) electrons. The molecule has 8 heteroatoms. The number of hydrogen-bond donors (Lipinski definition) is 1. The predicted octanol–water partition coefficient (Wildman–Crippen LogP) is 3.84. The molecule has 2 aromatic rings. The summed E-state index contributed by atoms with van der Waals surface area (Å²) in [7, 11) is -3.71. The van der Waals surface area contributed by atoms with Gasteiger partial charge in [-0.3, -0.25) is 4.79 Å². The Hall–Kier alpha value is -2.03. The Labute approximate surface area is 170 Å². The zero-order chi connectivity index (χ0) is 20.1. The lowest BCUT2D eigenvalue weighted by Gasteiger charge is -2.19. The van der Waals surface area contributed by atoms with Crippen molar-refractivity contribution in [3.8, 4) is 5.75 Å². The molecule has 1 N–H and O–H groups in total. The average molecular weight is 421 g/mol. The highest BCUT2D eigenvalue weighted by Gasteiger charge is 2.30. The maximum absolute atomic E-state index is 13.1. The van der Waals surface area contributed by atoms with Gasteiger partial charge in [0.15, 0.2) is 0 Å². The second-order valence-corrected chi connectivity index (χ2v) is 9.11. The minimum absolute atomic E-state index is 0.0436. The highest BCUT2D eigenvalue weighted by atomic mass is 32.2. The number of benzene rings is 2. The van der Waals surface area contributed by atoms with E-state index in [0.29, 0.717) is 25.4 Å². The molecule has 0 saturated carbocycles. The van der Waals surface area contributed by atoms with Crippen molar-refractivity contribution in [1.29, 1.82) is 0 Å². The van der Waals surface area contributed by atoms with E-state index in [9.17, 15) is 13.2 Å². The van der Waals surface area contributed by atoms with Gasteiger partial charge in [0.2, 0.25) is 10.0 Å². The predicted molar refractivity (Wildman–Crippen MR) is 112 cm³/mol. The SMILES string of the molecule is CCOc1ccc(C(=O)Nc2ccccc2SC)cc1S(=O)(=O)N1CCCC1. The van der Waals surface area contributed by atoms with Gasteiger partial charge in [0.25, 0.3) is 5.91 Å². The van der Waals surface area contributed by atoms with Crippen molar-refractivity contribution < 1.29 is 17.9 Å². The van der Waals surface area contributed by atoms with Crippen LogP contribution in [-0.4, -0.2) is 44.6 Å². The lowest BCUT2D eigenvalue weighted by atomic mass is 10.2. The minimum Gasteiger partial charge on any atom is -0.492 e. The van der Waals surface area contributed by atoms with Crippen LogP contribution in [0.15, 0.2) is 52.3 Å². The number of amides is 1. The highest BCUT2D eigenvalue weighted by Crippen LogP contribution is 2.31. The molecule has 6 nitrogen and oxygen atoms in total. The van der Waals surface area contributed by atoms with E-state index in [4.69, 9.17) is 4.74 Å². The molecule has 3 rings (SSSR count). The van der Waals surface area contributed by atoms with Crippen molar-refractivity contribution in [1.82, 2.24) is 4.31 Å². The van der Waals surface area contributed by atoms with Crippen LogP contribution in [0.1, 0.15) is 30.1 Å². The quantitative estimate of drug-likeness (QED) is 0.689. The van der Waals surface area contributed by atoms with Gasteiger partial charge in [0, 0.05) is 23.5 Å². The van der Waals surface area contributed by atoms with Crippen molar-refractivity contribution in [3.63, 3.8) is 0 Å². The molecule has 1 fully saturated rings. The summed E-state index contributed by atoms with van der Waals surface area (Å²) in [5.41, 5.74) is 0.968. The largest absolute Gasteiger partial charge is 0.492 e. The molecule has 150 valence electrons. The minimum atomic E-state index is -3.71. The number of anilines is 1. The third-order valence-electron chi connectivity index (χ3n) is 4.54. The fraction of sp³-hybridized carbons (Fsp3) is 0.350. The number of hydrogen-bond acceptors (Lipinski definition) is 5. The van der Waals surface area contributed by atoms with Crippen LogP contribution in [0, 0.1) is 0 Å². The summed E-state index contributed by atoms with van der Waals surface area (Å²) in [6.45, 7) is 3.12. The van der Waals surface area contributed by atoms with Crippen LogP contribution in [-0.2, 0) is 10.0 Å². The van der Waals surface area contributed by atoms with Gasteiger partial charge in [-0.05, 0) is 56.4 Å². The Morgan fingerprint density at radius 2 is 1.89 bits per heavy atom. The van der Waals surface area contributed by atoms with E-state index in [1.807, 2.05) is 30.5 Å². The molecule has 1 amide bonds. The maximum Gasteiger partial charge on any atom is 0.255 e. The van der Waals surface area contributed by atoms with Gasteiger partial charge in [-0.2, -0.15) is 4.31 Å². The van der Waals surface area contributed by atoms with Crippen LogP contribution >= 0.6 is 11.8 Å². The van der Waals surface area contributed by atoms with Crippen molar-refractivity contribution in [2.75, 3.05) is 31.3 Å². The van der Waals surface area contributed by atoms with Gasteiger partial charge in [-0.25, -0.2) is 8.42 Å². The number of thioether (sulfide) groups is 1. The number of nitrogens with one attached hydrogen (secondary N) is 1. The molecule has 1 saturated heterocycles. The van der Waals surface area contributed by atoms with Gasteiger partial charge < -0.3 is 10.1 Å². The molecular weight excluding hydrogens is 396 g/mol. The van der Waals surface area contributed by atoms with Crippen molar-refractivity contribution >= 4 is 33.4 Å². The summed E-state index contributed by atoms with van der Waals surface area (Å²) in [6, 6.07) is 12.0. The Morgan fingerprint density at radius 1 is 1.18 bits per heavy atom. The molecule has 0 atom stereocenters. The van der Waals surface area contributed by atoms with E-state index in [2.05, 4.69) is 5.32 Å². The zero-order valence-corrected chi connectivity index (χ0v) is 17.6. The van der Waals surface area contributed by atoms with E-state index in [1.54, 1.807) is 19.1 Å². The summed E-state index contributed by atoms with van der Waals surface area (Å²) in [5.74, 6) is -0.0853. The first-order chi connectivity index (χ1) is 13.5. The number of carbonyl (C=O) groups excluding carboxylic acids is 1. The molecule has 0 bridgehead atoms. The number of nitrogens with zero attached hydrogens (tertiary/aromatic N) is 1. The first kappa shape index (κ1) is 20.7. The topological polar surface area (TPSA) is 75.7 Å². The van der Waals surface area contributed by atoms with Crippen LogP contribution in [0.2, 0.25) is 0 Å². The molecule has 1 aliphatic rings. The van der Waals surface area contributed by atoms with E-state index >= 15 is 0 Å². The van der Waals surface area contributed by atoms with Crippen LogP contribution in [0.3, 0.4) is 0 Å². The summed E-state index contributed by atoms with van der Waals surface area (Å²) < 4.78 is 33.1. The smallest absolute Gasteiger partial charge is 0.255 e. The molecule has 0 spiro atoms. The van der Waals surface area contributed by atoms with Gasteiger partial charge in [0.05, 0.1) is 12.3 Å². The van der Waals surface area contributed by atoms with Crippen LogP contribution in [0.4, 0.5) is 5.69 Å². The monoisotopic (exact) mass is 420 g/mol. The number of rotatable bonds is 7. The molecular formula is C20H24N2O4S2. The number of sulfonamides is 1. The second kappa shape index (κ2) is 8.98. The fourth-order valence-electron chi connectivity index (χ4n) is 3.14. The molecule has 1 heterocycles. The summed E-state index contributed by atoms with van der Waals surface area (Å²) in [6.07, 6.45) is 3.62. The van der Waals surface area contributed by atoms with Gasteiger partial charge in [-0.15, -0.1) is 11.8 Å². The Bertz CT molecular complexity index is 954. The van der Waals surface area contributed by atoms with E-state index in [-0.39, 0.29) is 22.1 Å². The highest BCUT2D eigenvalue weighted by molar-refractivity contribution is 7.98. The molecule has 0 unspecified atom stereocenters. The number of para-hydroxylation sites is 1. The van der Waals surface area contributed by atoms with E-state index in [1.165, 1.54) is 22.1 Å². The standard InChI is InChI=1S/C20H24N2O4S2/c1-3-26-17-11-10-15(14-19(17)28(24,25)22-12-6-7-13-22)20(23)21-16-8-4-5-9-18(16)27-2/h4-5,8-11,14H,3,6-7,12-13H2,1-2H3,(H,21,23). The van der Waals surface area contributed by atoms with E-state index in [0.717, 1.165) is 17.7 Å². The maximum atomic E-state index is 13.1. The van der Waals surface area contributed by atoms with Crippen LogP contribution in [0.5, 0.6) is 5.75 Å². The molecule has 28 heavy (non-hydrogen) atoms. The van der Waals surface area contributed by atoms with Crippen molar-refractivity contribution in [3.05, 3.63) is 48.0 Å². The number of carbonyl (C=O) groups is 1. The molecule has 2 aromatic carbocycles. The number of ether oxygens (including phenoxy) is 1. The fourth-order valence-corrected chi connectivity index (χ4v) is 5.36. The first-order valence-corrected chi connectivity index (χ1v) is 11.8. The second-order valence-electron chi connectivity index (χ2n) is 6.36. The molecule has 0 aromatic heterocycles. The Balaban J connectivity index is 1.95. The Morgan fingerprint density at radius 3 is 2.57 bits per heavy atom. The van der Waals surface area contributed by atoms with Crippen LogP contribution < -0.4 is 10.1 Å². The van der Waals surface area contributed by atoms with Crippen molar-refractivity contribution in [2.45, 2.75) is 29.6 Å². The molecule has 0 aliphatic carbocycles. The summed E-state index contributed by atoms with van der Waals surface area (Å²) in [5, 5.41) is 2.87. The summed E-state index contributed by atoms with van der Waals surface area (Å²) in [4.78, 5) is 13.8. The third-order valence-corrected chi connectivity index (χ3v) is 7.26. The third kappa shape index (κ3) is 4.34. The normalized spacial score (nSPS) is 14.8. The van der Waals surface area contributed by atoms with Crippen molar-refractivity contribution in [2.24, 2.45) is 0 Å². The lowest BCUT2D eigenvalue weighted by molar-refractivity contribution is 0.102. The van der Waals surface area contributed by atoms with E-state index < -0.39 is 10.0 Å². The first-order valence-electron chi connectivity index (χ1n) is 9.18. The summed E-state index contributed by atoms with van der Waals surface area (Å²) >= 11 is 1.53. The van der Waals surface area contributed by atoms with Crippen LogP contribution in [0.25, 0.3) is 0 Å². The molecule has 1 aliphatic heterocycles. The van der Waals surface area contributed by atoms with Gasteiger partial charge >= 0.3 is 0 Å². The zero-order valence-electron chi connectivity index (χ0n) is 16.0. The van der Waals surface area contributed by atoms with Gasteiger partial charge in [-0.1, -0.05) is 12.1 Å². The lowest BCUT2D eigenvalue weighted by Crippen LogP contribution is -2.28. The van der Waals surface area contributed by atoms with Gasteiger partial charge in [0.1, 0.15) is 10.6 Å². The Kier molecular flexibility index (Phi) is 6.64.